The summed E-state index contributed by atoms with van der Waals surface area (Å²) < 4.78 is 14.8. The maximum atomic E-state index is 13.9. The van der Waals surface area contributed by atoms with Gasteiger partial charge in [0, 0.05) is 26.4 Å². The Morgan fingerprint density at radius 3 is 2.19 bits per heavy atom. The van der Waals surface area contributed by atoms with Crippen LogP contribution in [0.3, 0.4) is 0 Å². The first-order valence-electron chi connectivity index (χ1n) is 11.1. The van der Waals surface area contributed by atoms with E-state index >= 15 is 0 Å². The number of hydrogen-bond donors (Lipinski definition) is 2. The first-order valence-corrected chi connectivity index (χ1v) is 12.9. The van der Waals surface area contributed by atoms with Gasteiger partial charge in [0.2, 0.25) is 0 Å². The Kier molecular flexibility index (Phi) is 8.71. The summed E-state index contributed by atoms with van der Waals surface area (Å²) >= 11 is 4.90. The third kappa shape index (κ3) is 7.16. The summed E-state index contributed by atoms with van der Waals surface area (Å²) in [5.74, 6) is -0.552. The summed E-state index contributed by atoms with van der Waals surface area (Å²) in [4.78, 5) is 26.8. The number of carbonyl (C=O) groups excluding carboxylic acids is 2. The fourth-order valence-electron chi connectivity index (χ4n) is 3.28. The van der Waals surface area contributed by atoms with Crippen LogP contribution in [0, 0.1) is 5.82 Å². The Balaban J connectivity index is 1.47. The van der Waals surface area contributed by atoms with Crippen molar-refractivity contribution in [2.45, 2.75) is 10.6 Å². The van der Waals surface area contributed by atoms with Crippen LogP contribution < -0.4 is 10.6 Å². The van der Waals surface area contributed by atoms with Crippen LogP contribution in [0.1, 0.15) is 21.5 Å². The predicted molar refractivity (Wildman–Crippen MR) is 147 cm³/mol. The zero-order valence-electron chi connectivity index (χ0n) is 19.1. The SMILES string of the molecule is O=C(Nc1ccc(SCc2ccccc2F)cc1)/C(=C/c1ccc(Br)cc1)NC(=O)c1ccccc1. The lowest BCUT2D eigenvalue weighted by Crippen LogP contribution is -2.30. The van der Waals surface area contributed by atoms with E-state index in [0.29, 0.717) is 22.6 Å². The van der Waals surface area contributed by atoms with Gasteiger partial charge in [-0.25, -0.2) is 4.39 Å². The molecule has 0 aliphatic carbocycles. The van der Waals surface area contributed by atoms with Crippen LogP contribution in [0.5, 0.6) is 0 Å². The Hall–Kier alpha value is -3.68. The van der Waals surface area contributed by atoms with Gasteiger partial charge >= 0.3 is 0 Å². The van der Waals surface area contributed by atoms with Gasteiger partial charge in [-0.3, -0.25) is 9.59 Å². The summed E-state index contributed by atoms with van der Waals surface area (Å²) in [6.07, 6.45) is 1.63. The van der Waals surface area contributed by atoms with Crippen molar-refractivity contribution >= 4 is 51.3 Å². The number of hydrogen-bond acceptors (Lipinski definition) is 3. The summed E-state index contributed by atoms with van der Waals surface area (Å²) in [5, 5.41) is 5.57. The van der Waals surface area contributed by atoms with Crippen molar-refractivity contribution < 1.29 is 14.0 Å². The molecule has 2 amide bonds. The first-order chi connectivity index (χ1) is 17.5. The molecule has 4 aromatic carbocycles. The van der Waals surface area contributed by atoms with E-state index in [-0.39, 0.29) is 17.4 Å². The van der Waals surface area contributed by atoms with E-state index in [4.69, 9.17) is 0 Å². The first kappa shape index (κ1) is 25.4. The van der Waals surface area contributed by atoms with E-state index in [1.807, 2.05) is 48.5 Å². The molecule has 0 bridgehead atoms. The number of anilines is 1. The second-order valence-corrected chi connectivity index (χ2v) is 9.75. The minimum Gasteiger partial charge on any atom is -0.321 e. The van der Waals surface area contributed by atoms with Gasteiger partial charge < -0.3 is 10.6 Å². The summed E-state index contributed by atoms with van der Waals surface area (Å²) in [7, 11) is 0. The molecule has 0 radical (unpaired) electrons. The Morgan fingerprint density at radius 2 is 1.50 bits per heavy atom. The van der Waals surface area contributed by atoms with Gasteiger partial charge in [0.15, 0.2) is 0 Å². The van der Waals surface area contributed by atoms with Crippen LogP contribution in [-0.4, -0.2) is 11.8 Å². The molecular weight excluding hydrogens is 539 g/mol. The van der Waals surface area contributed by atoms with E-state index < -0.39 is 5.91 Å². The molecule has 0 aromatic heterocycles. The number of nitrogens with one attached hydrogen (secondary N) is 2. The standard InChI is InChI=1S/C29H22BrFN2O2S/c30-23-12-10-20(11-13-23)18-27(33-28(34)21-6-2-1-3-7-21)29(35)32-24-14-16-25(17-15-24)36-19-22-8-4-5-9-26(22)31/h1-18H,19H2,(H,32,35)(H,33,34)/b27-18-. The largest absolute Gasteiger partial charge is 0.321 e. The van der Waals surface area contributed by atoms with E-state index in [1.54, 1.807) is 54.6 Å². The van der Waals surface area contributed by atoms with Gasteiger partial charge in [0.05, 0.1) is 0 Å². The highest BCUT2D eigenvalue weighted by atomic mass is 79.9. The molecular formula is C29H22BrFN2O2S. The van der Waals surface area contributed by atoms with Crippen molar-refractivity contribution in [2.24, 2.45) is 0 Å². The van der Waals surface area contributed by atoms with Crippen molar-refractivity contribution in [3.05, 3.63) is 136 Å². The minimum absolute atomic E-state index is 0.115. The van der Waals surface area contributed by atoms with Crippen molar-refractivity contribution in [1.29, 1.82) is 0 Å². The Bertz CT molecular complexity index is 1370. The minimum atomic E-state index is -0.450. The summed E-state index contributed by atoms with van der Waals surface area (Å²) in [6.45, 7) is 0. The lowest BCUT2D eigenvalue weighted by Gasteiger charge is -2.12. The van der Waals surface area contributed by atoms with Crippen LogP contribution >= 0.6 is 27.7 Å². The third-order valence-corrected chi connectivity index (χ3v) is 6.76. The normalized spacial score (nSPS) is 11.1. The topological polar surface area (TPSA) is 58.2 Å². The van der Waals surface area contributed by atoms with E-state index in [1.165, 1.54) is 17.8 Å². The van der Waals surface area contributed by atoms with Gasteiger partial charge in [0.1, 0.15) is 11.5 Å². The van der Waals surface area contributed by atoms with E-state index in [2.05, 4.69) is 26.6 Å². The molecule has 0 atom stereocenters. The van der Waals surface area contributed by atoms with Gasteiger partial charge in [-0.1, -0.05) is 64.5 Å². The maximum Gasteiger partial charge on any atom is 0.272 e. The Morgan fingerprint density at radius 1 is 0.833 bits per heavy atom. The number of rotatable bonds is 8. The lowest BCUT2D eigenvalue weighted by molar-refractivity contribution is -0.113. The lowest BCUT2D eigenvalue weighted by atomic mass is 10.1. The smallest absolute Gasteiger partial charge is 0.272 e. The van der Waals surface area contributed by atoms with Gasteiger partial charge in [-0.05, 0) is 71.8 Å². The fourth-order valence-corrected chi connectivity index (χ4v) is 4.43. The van der Waals surface area contributed by atoms with Gasteiger partial charge in [-0.15, -0.1) is 11.8 Å². The highest BCUT2D eigenvalue weighted by Gasteiger charge is 2.15. The monoisotopic (exact) mass is 560 g/mol. The second-order valence-electron chi connectivity index (χ2n) is 7.79. The Labute approximate surface area is 221 Å². The molecule has 0 saturated carbocycles. The number of benzene rings is 4. The molecule has 2 N–H and O–H groups in total. The van der Waals surface area contributed by atoms with Crippen LogP contribution in [0.4, 0.5) is 10.1 Å². The molecule has 4 nitrogen and oxygen atoms in total. The molecule has 0 saturated heterocycles. The molecule has 0 aliphatic rings. The predicted octanol–water partition coefficient (Wildman–Crippen LogP) is 7.29. The van der Waals surface area contributed by atoms with Crippen molar-refractivity contribution in [2.75, 3.05) is 5.32 Å². The molecule has 0 unspecified atom stereocenters. The number of halogens is 2. The molecule has 4 rings (SSSR count). The molecule has 4 aromatic rings. The van der Waals surface area contributed by atoms with Crippen LogP contribution in [-0.2, 0) is 10.5 Å². The summed E-state index contributed by atoms with van der Waals surface area (Å²) in [5.41, 5.74) is 2.53. The average molecular weight is 561 g/mol. The number of carbonyl (C=O) groups is 2. The highest BCUT2D eigenvalue weighted by molar-refractivity contribution is 9.10. The zero-order valence-corrected chi connectivity index (χ0v) is 21.5. The molecule has 7 heteroatoms. The van der Waals surface area contributed by atoms with Crippen molar-refractivity contribution in [1.82, 2.24) is 5.32 Å². The van der Waals surface area contributed by atoms with E-state index in [0.717, 1.165) is 14.9 Å². The van der Waals surface area contributed by atoms with Crippen LogP contribution in [0.2, 0.25) is 0 Å². The third-order valence-electron chi connectivity index (χ3n) is 5.17. The average Bonchev–Trinajstić information content (AvgIpc) is 2.90. The van der Waals surface area contributed by atoms with Crippen molar-refractivity contribution in [3.8, 4) is 0 Å². The molecule has 0 aliphatic heterocycles. The molecule has 0 fully saturated rings. The van der Waals surface area contributed by atoms with Crippen LogP contribution in [0.25, 0.3) is 6.08 Å². The zero-order chi connectivity index (χ0) is 25.3. The fraction of sp³-hybridized carbons (Fsp3) is 0.0345. The highest BCUT2D eigenvalue weighted by Crippen LogP contribution is 2.25. The van der Waals surface area contributed by atoms with E-state index in [9.17, 15) is 14.0 Å². The molecule has 180 valence electrons. The molecule has 0 spiro atoms. The van der Waals surface area contributed by atoms with Gasteiger partial charge in [0.25, 0.3) is 11.8 Å². The molecule has 36 heavy (non-hydrogen) atoms. The van der Waals surface area contributed by atoms with Gasteiger partial charge in [-0.2, -0.15) is 0 Å². The summed E-state index contributed by atoms with van der Waals surface area (Å²) in [6, 6.07) is 30.1. The molecule has 0 heterocycles. The maximum absolute atomic E-state index is 13.9. The second kappa shape index (κ2) is 12.3. The number of thioether (sulfide) groups is 1. The van der Waals surface area contributed by atoms with Crippen molar-refractivity contribution in [3.63, 3.8) is 0 Å². The quantitative estimate of drug-likeness (QED) is 0.176. The van der Waals surface area contributed by atoms with Crippen LogP contribution in [0.15, 0.2) is 118 Å². The number of amides is 2.